The number of aromatic amines is 1. The summed E-state index contributed by atoms with van der Waals surface area (Å²) in [6.45, 7) is 0. The number of nitrogens with one attached hydrogen (secondary N) is 1. The summed E-state index contributed by atoms with van der Waals surface area (Å²) in [5, 5.41) is 27.1. The first-order chi connectivity index (χ1) is 18.7. The first-order valence-electron chi connectivity index (χ1n) is 12.0. The minimum atomic E-state index is -1.13. The summed E-state index contributed by atoms with van der Waals surface area (Å²) in [4.78, 5) is 51.3. The molecule has 0 unspecified atom stereocenters. The highest BCUT2D eigenvalue weighted by atomic mass is 35.5. The van der Waals surface area contributed by atoms with E-state index in [0.717, 1.165) is 5.56 Å². The molecule has 1 atom stereocenters. The second-order valence-electron chi connectivity index (χ2n) is 9.01. The number of carbonyl (C=O) groups is 2. The van der Waals surface area contributed by atoms with Crippen LogP contribution in [-0.2, 0) is 9.59 Å². The Bertz CT molecular complexity index is 1700. The third-order valence-electron chi connectivity index (χ3n) is 6.53. The van der Waals surface area contributed by atoms with E-state index in [0.29, 0.717) is 32.8 Å². The van der Waals surface area contributed by atoms with Gasteiger partial charge in [0.05, 0.1) is 28.7 Å². The minimum Gasteiger partial charge on any atom is -0.481 e. The summed E-state index contributed by atoms with van der Waals surface area (Å²) < 4.78 is 0. The van der Waals surface area contributed by atoms with E-state index in [-0.39, 0.29) is 24.1 Å². The molecule has 1 aromatic heterocycles. The van der Waals surface area contributed by atoms with Crippen LogP contribution in [0, 0.1) is 10.1 Å². The Balaban J connectivity index is 1.68. The van der Waals surface area contributed by atoms with Crippen LogP contribution in [0.15, 0.2) is 82.7 Å². The summed E-state index contributed by atoms with van der Waals surface area (Å²) in [5.41, 5.74) is 2.53. The molecular formula is C28H21ClN4O6. The summed E-state index contributed by atoms with van der Waals surface area (Å²) in [5.74, 6) is -1.68. The molecule has 1 aliphatic rings. The number of halogens is 1. The van der Waals surface area contributed by atoms with Crippen molar-refractivity contribution in [3.63, 3.8) is 0 Å². The second kappa shape index (κ2) is 10.5. The van der Waals surface area contributed by atoms with Gasteiger partial charge in [-0.1, -0.05) is 54.1 Å². The van der Waals surface area contributed by atoms with E-state index in [1.54, 1.807) is 18.2 Å². The minimum absolute atomic E-state index is 0.115. The molecule has 1 aliphatic heterocycles. The summed E-state index contributed by atoms with van der Waals surface area (Å²) in [6, 6.07) is 19.4. The molecule has 196 valence electrons. The molecule has 0 saturated heterocycles. The summed E-state index contributed by atoms with van der Waals surface area (Å²) in [6.07, 6.45) is -0.562. The number of carboxylic acid groups (broad SMARTS) is 1. The number of nitro benzene ring substituents is 1. The fourth-order valence-electron chi connectivity index (χ4n) is 4.74. The van der Waals surface area contributed by atoms with E-state index >= 15 is 0 Å². The highest BCUT2D eigenvalue weighted by molar-refractivity contribution is 6.31. The first-order valence-corrected chi connectivity index (χ1v) is 12.4. The fourth-order valence-corrected chi connectivity index (χ4v) is 4.91. The van der Waals surface area contributed by atoms with Crippen molar-refractivity contribution in [2.75, 3.05) is 0 Å². The lowest BCUT2D eigenvalue weighted by Gasteiger charge is -2.21. The lowest BCUT2D eigenvalue weighted by Crippen LogP contribution is -2.27. The van der Waals surface area contributed by atoms with Crippen molar-refractivity contribution in [1.82, 2.24) is 9.99 Å². The van der Waals surface area contributed by atoms with E-state index in [9.17, 15) is 24.5 Å². The van der Waals surface area contributed by atoms with E-state index in [4.69, 9.17) is 16.7 Å². The Morgan fingerprint density at radius 1 is 1.05 bits per heavy atom. The topological polar surface area (TPSA) is 146 Å². The smallest absolute Gasteiger partial charge is 0.303 e. The van der Waals surface area contributed by atoms with Crippen LogP contribution in [0.4, 0.5) is 5.69 Å². The van der Waals surface area contributed by atoms with Crippen LogP contribution in [0.5, 0.6) is 0 Å². The lowest BCUT2D eigenvalue weighted by molar-refractivity contribution is -0.384. The number of H-pyrrole nitrogens is 1. The molecule has 4 aromatic rings. The molecule has 0 bridgehead atoms. The van der Waals surface area contributed by atoms with Gasteiger partial charge in [0, 0.05) is 46.5 Å². The predicted molar refractivity (Wildman–Crippen MR) is 146 cm³/mol. The van der Waals surface area contributed by atoms with Crippen molar-refractivity contribution >= 4 is 45.8 Å². The van der Waals surface area contributed by atoms with Crippen LogP contribution in [0.25, 0.3) is 22.0 Å². The quantitative estimate of drug-likeness (QED) is 0.238. The van der Waals surface area contributed by atoms with Gasteiger partial charge in [0.2, 0.25) is 5.91 Å². The van der Waals surface area contributed by atoms with Crippen molar-refractivity contribution in [3.8, 4) is 11.1 Å². The number of hydrogen-bond acceptors (Lipinski definition) is 6. The van der Waals surface area contributed by atoms with Gasteiger partial charge in [-0.2, -0.15) is 5.10 Å². The maximum absolute atomic E-state index is 13.5. The molecule has 5 rings (SSSR count). The maximum atomic E-state index is 13.5. The van der Waals surface area contributed by atoms with E-state index in [2.05, 4.69) is 10.1 Å². The van der Waals surface area contributed by atoms with Crippen molar-refractivity contribution in [3.05, 3.63) is 109 Å². The molecular weight excluding hydrogens is 524 g/mol. The zero-order valence-corrected chi connectivity index (χ0v) is 21.1. The monoisotopic (exact) mass is 544 g/mol. The van der Waals surface area contributed by atoms with Gasteiger partial charge in [-0.05, 0) is 29.3 Å². The number of aliphatic carboxylic acids is 1. The van der Waals surface area contributed by atoms with Gasteiger partial charge in [-0.3, -0.25) is 24.5 Å². The summed E-state index contributed by atoms with van der Waals surface area (Å²) >= 11 is 6.32. The Labute approximate surface area is 226 Å². The molecule has 0 radical (unpaired) electrons. The van der Waals surface area contributed by atoms with Gasteiger partial charge in [0.25, 0.3) is 11.2 Å². The molecule has 3 aromatic carbocycles. The van der Waals surface area contributed by atoms with E-state index in [1.165, 1.54) is 29.3 Å². The van der Waals surface area contributed by atoms with Crippen molar-refractivity contribution in [2.45, 2.75) is 25.3 Å². The van der Waals surface area contributed by atoms with Crippen molar-refractivity contribution in [1.29, 1.82) is 0 Å². The van der Waals surface area contributed by atoms with Crippen LogP contribution >= 0.6 is 11.6 Å². The largest absolute Gasteiger partial charge is 0.481 e. The maximum Gasteiger partial charge on any atom is 0.303 e. The Morgan fingerprint density at radius 3 is 2.44 bits per heavy atom. The average Bonchev–Trinajstić information content (AvgIpc) is 3.37. The molecule has 2 N–H and O–H groups in total. The number of nitro groups is 1. The number of carboxylic acids is 1. The van der Waals surface area contributed by atoms with Gasteiger partial charge in [-0.25, -0.2) is 5.01 Å². The first kappa shape index (κ1) is 25.8. The molecule has 10 nitrogen and oxygen atoms in total. The highest BCUT2D eigenvalue weighted by Crippen LogP contribution is 2.38. The van der Waals surface area contributed by atoms with Crippen molar-refractivity contribution in [2.24, 2.45) is 5.10 Å². The summed E-state index contributed by atoms with van der Waals surface area (Å²) in [7, 11) is 0. The highest BCUT2D eigenvalue weighted by Gasteiger charge is 2.35. The standard InChI is InChI=1S/C28H21ClN4O6/c29-18-8-11-21-20(14-18)26(17-4-2-1-3-5-17)27(28(37)30-21)22-15-23(16-6-9-19(10-7-16)33(38)39)32(31-22)24(34)12-13-25(35)36/h1-11,14,23H,12-13,15H2,(H,30,37)(H,35,36)/t23-/m0/s1. The number of amides is 1. The lowest BCUT2D eigenvalue weighted by atomic mass is 9.91. The molecule has 0 fully saturated rings. The van der Waals surface area contributed by atoms with E-state index < -0.39 is 34.8 Å². The number of hydrogen-bond donors (Lipinski definition) is 2. The number of carbonyl (C=O) groups excluding carboxylic acids is 1. The SMILES string of the molecule is O=C(O)CCC(=O)N1N=C(c2c(-c3ccccc3)c3cc(Cl)ccc3[nH]c2=O)C[C@H]1c1ccc([N+](=O)[O-])cc1. The Hall–Kier alpha value is -4.83. The number of benzene rings is 3. The van der Waals surface area contributed by atoms with Crippen LogP contribution in [-0.4, -0.2) is 37.6 Å². The third-order valence-corrected chi connectivity index (χ3v) is 6.77. The molecule has 1 amide bonds. The second-order valence-corrected chi connectivity index (χ2v) is 9.44. The predicted octanol–water partition coefficient (Wildman–Crippen LogP) is 5.30. The van der Waals surface area contributed by atoms with E-state index in [1.807, 2.05) is 30.3 Å². The van der Waals surface area contributed by atoms with Gasteiger partial charge >= 0.3 is 5.97 Å². The van der Waals surface area contributed by atoms with Crippen LogP contribution in [0.1, 0.15) is 36.4 Å². The normalized spacial score (nSPS) is 14.8. The molecule has 0 spiro atoms. The number of rotatable bonds is 7. The number of non-ortho nitro benzene ring substituents is 1. The molecule has 11 heteroatoms. The third kappa shape index (κ3) is 5.14. The number of nitrogens with zero attached hydrogens (tertiary/aromatic N) is 3. The molecule has 0 saturated carbocycles. The fraction of sp³-hybridized carbons (Fsp3) is 0.143. The number of pyridine rings is 1. The Morgan fingerprint density at radius 2 is 1.77 bits per heavy atom. The molecule has 39 heavy (non-hydrogen) atoms. The van der Waals surface area contributed by atoms with Gasteiger partial charge in [-0.15, -0.1) is 0 Å². The Kier molecular flexibility index (Phi) is 6.95. The zero-order valence-electron chi connectivity index (χ0n) is 20.3. The van der Waals surface area contributed by atoms with Crippen LogP contribution < -0.4 is 5.56 Å². The van der Waals surface area contributed by atoms with Crippen LogP contribution in [0.2, 0.25) is 5.02 Å². The van der Waals surface area contributed by atoms with Crippen molar-refractivity contribution < 1.29 is 19.6 Å². The molecule has 0 aliphatic carbocycles. The van der Waals surface area contributed by atoms with Gasteiger partial charge in [0.1, 0.15) is 0 Å². The number of fused-ring (bicyclic) bond motifs is 1. The zero-order chi connectivity index (χ0) is 27.7. The van der Waals surface area contributed by atoms with Gasteiger partial charge < -0.3 is 10.1 Å². The van der Waals surface area contributed by atoms with Gasteiger partial charge in [0.15, 0.2) is 0 Å². The molecule has 2 heterocycles. The number of aromatic nitrogens is 1. The number of hydrazone groups is 1. The average molecular weight is 545 g/mol. The van der Waals surface area contributed by atoms with Crippen LogP contribution in [0.3, 0.4) is 0 Å².